The van der Waals surface area contributed by atoms with Gasteiger partial charge in [-0.1, -0.05) is 216 Å². The largest absolute Gasteiger partial charge is 0.394 e. The average molecular weight is 1200 g/mol. The number of hydrogen-bond acceptors (Lipinski definition) is 18. The van der Waals surface area contributed by atoms with Crippen molar-refractivity contribution < 1.29 is 89.4 Å². The molecular formula is C65H115NO18. The van der Waals surface area contributed by atoms with Crippen LogP contribution in [0, 0.1) is 0 Å². The highest BCUT2D eigenvalue weighted by Crippen LogP contribution is 2.33. The van der Waals surface area contributed by atoms with E-state index >= 15 is 0 Å². The summed E-state index contributed by atoms with van der Waals surface area (Å²) in [6.45, 7) is 1.64. The molecule has 0 radical (unpaired) electrons. The van der Waals surface area contributed by atoms with Gasteiger partial charge in [-0.2, -0.15) is 0 Å². The first kappa shape index (κ1) is 75.7. The molecule has 3 aliphatic heterocycles. The lowest BCUT2D eigenvalue weighted by atomic mass is 9.96. The molecule has 0 aliphatic carbocycles. The molecule has 3 fully saturated rings. The summed E-state index contributed by atoms with van der Waals surface area (Å²) in [5.74, 6) is -0.300. The van der Waals surface area contributed by atoms with E-state index in [1.165, 1.54) is 116 Å². The lowest BCUT2D eigenvalue weighted by Gasteiger charge is -2.48. The molecule has 1 amide bonds. The van der Waals surface area contributed by atoms with Crippen molar-refractivity contribution >= 4 is 5.91 Å². The molecule has 0 aromatic carbocycles. The second-order valence-electron chi connectivity index (χ2n) is 23.2. The number of amides is 1. The van der Waals surface area contributed by atoms with E-state index in [0.717, 1.165) is 51.4 Å². The first-order chi connectivity index (χ1) is 40.8. The number of aliphatic hydroxyl groups is 11. The zero-order valence-electron chi connectivity index (χ0n) is 51.1. The van der Waals surface area contributed by atoms with Crippen molar-refractivity contribution in [2.45, 2.75) is 317 Å². The maximum Gasteiger partial charge on any atom is 0.220 e. The Kier molecular flexibility index (Phi) is 42.8. The number of carbonyl (C=O) groups excluding carboxylic acids is 1. The van der Waals surface area contributed by atoms with Crippen molar-refractivity contribution in [1.29, 1.82) is 0 Å². The predicted octanol–water partition coefficient (Wildman–Crippen LogP) is 7.21. The number of hydrogen-bond donors (Lipinski definition) is 12. The molecular weight excluding hydrogens is 1080 g/mol. The van der Waals surface area contributed by atoms with Crippen molar-refractivity contribution in [3.63, 3.8) is 0 Å². The van der Waals surface area contributed by atoms with Gasteiger partial charge in [-0.15, -0.1) is 0 Å². The third-order valence-electron chi connectivity index (χ3n) is 16.1. The zero-order chi connectivity index (χ0) is 61.2. The van der Waals surface area contributed by atoms with E-state index in [9.17, 15) is 61.0 Å². The van der Waals surface area contributed by atoms with Crippen LogP contribution in [-0.4, -0.2) is 193 Å². The van der Waals surface area contributed by atoms with E-state index in [1.807, 2.05) is 6.08 Å². The van der Waals surface area contributed by atoms with Gasteiger partial charge in [-0.25, -0.2) is 0 Å². The minimum Gasteiger partial charge on any atom is -0.394 e. The van der Waals surface area contributed by atoms with Crippen LogP contribution in [-0.2, 0) is 33.2 Å². The normalized spacial score (nSPS) is 29.6. The van der Waals surface area contributed by atoms with Crippen LogP contribution < -0.4 is 5.32 Å². The Hall–Kier alpha value is -2.51. The molecule has 0 bridgehead atoms. The molecule has 0 spiro atoms. The van der Waals surface area contributed by atoms with E-state index in [0.29, 0.717) is 25.7 Å². The molecule has 3 saturated heterocycles. The van der Waals surface area contributed by atoms with Gasteiger partial charge in [0.15, 0.2) is 18.9 Å². The van der Waals surface area contributed by atoms with E-state index in [-0.39, 0.29) is 18.9 Å². The Bertz CT molecular complexity index is 1770. The molecule has 19 nitrogen and oxygen atoms in total. The number of rotatable bonds is 48. The van der Waals surface area contributed by atoms with Crippen LogP contribution in [0.4, 0.5) is 0 Å². The first-order valence-electron chi connectivity index (χ1n) is 32.5. The summed E-state index contributed by atoms with van der Waals surface area (Å²) < 4.78 is 34.3. The standard InChI is InChI=1S/C65H115NO18/c1-3-5-7-9-11-13-15-17-19-21-22-23-24-25-27-28-30-32-34-36-38-40-42-49(70)48(66-53(71)43-41-39-37-35-33-31-29-26-20-18-16-14-12-10-8-6-4-2)47-79-63-59(77)56(74)61(51(45-68)81-63)84-65-60(78)57(75)62(52(46-69)82-65)83-64-58(76)55(73)54(72)50(44-67)80-64/h6,8,12,14,18,20,29,31,35,37,48-52,54-65,67-70,72-78H,3-5,7,9-11,13,15-17,19,21-28,30,32-34,36,38-47H2,1-2H3,(H,66,71)/b8-6-,14-12-,20-18-,31-29-,37-35-. The Morgan fingerprint density at radius 2 is 0.810 bits per heavy atom. The fourth-order valence-electron chi connectivity index (χ4n) is 10.8. The quantitative estimate of drug-likeness (QED) is 0.0211. The summed E-state index contributed by atoms with van der Waals surface area (Å²) in [6, 6.07) is -0.920. The second kappa shape index (κ2) is 47.5. The first-order valence-corrected chi connectivity index (χ1v) is 32.5. The lowest BCUT2D eigenvalue weighted by Crippen LogP contribution is -2.66. The van der Waals surface area contributed by atoms with Gasteiger partial charge >= 0.3 is 0 Å². The molecule has 3 rings (SSSR count). The van der Waals surface area contributed by atoms with Crippen LogP contribution in [0.3, 0.4) is 0 Å². The van der Waals surface area contributed by atoms with Gasteiger partial charge in [0.2, 0.25) is 5.91 Å². The Labute approximate surface area is 503 Å². The molecule has 3 heterocycles. The SMILES string of the molecule is CC/C=C\C/C=C\C/C=C\C/C=C\C/C=C\CCCC(=O)NC(COC1OC(CO)C(OC2OC(CO)C(OC3OC(CO)C(O)C(O)C3O)C(O)C2O)C(O)C1O)C(O)CCCCCCCCCCCCCCCCCCCCCCCC. The highest BCUT2D eigenvalue weighted by Gasteiger charge is 2.53. The molecule has 84 heavy (non-hydrogen) atoms. The van der Waals surface area contributed by atoms with Crippen molar-refractivity contribution in [1.82, 2.24) is 5.32 Å². The summed E-state index contributed by atoms with van der Waals surface area (Å²) in [7, 11) is 0. The highest BCUT2D eigenvalue weighted by molar-refractivity contribution is 5.76. The number of carbonyl (C=O) groups is 1. The molecule has 17 atom stereocenters. The summed E-state index contributed by atoms with van der Waals surface area (Å²) in [5.41, 5.74) is 0. The van der Waals surface area contributed by atoms with Crippen LogP contribution in [0.1, 0.15) is 213 Å². The van der Waals surface area contributed by atoms with Crippen molar-refractivity contribution in [2.24, 2.45) is 0 Å². The van der Waals surface area contributed by atoms with Crippen LogP contribution in [0.15, 0.2) is 60.8 Å². The minimum atomic E-state index is -1.98. The van der Waals surface area contributed by atoms with E-state index in [4.69, 9.17) is 28.4 Å². The van der Waals surface area contributed by atoms with Crippen LogP contribution in [0.5, 0.6) is 0 Å². The molecule has 12 N–H and O–H groups in total. The van der Waals surface area contributed by atoms with E-state index < -0.39 is 124 Å². The summed E-state index contributed by atoms with van der Waals surface area (Å²) >= 11 is 0. The van der Waals surface area contributed by atoms with Crippen molar-refractivity contribution in [2.75, 3.05) is 26.4 Å². The number of allylic oxidation sites excluding steroid dienone is 10. The predicted molar refractivity (Wildman–Crippen MR) is 323 cm³/mol. The van der Waals surface area contributed by atoms with Gasteiger partial charge in [-0.3, -0.25) is 4.79 Å². The minimum absolute atomic E-state index is 0.186. The molecule has 0 aromatic heterocycles. The summed E-state index contributed by atoms with van der Waals surface area (Å²) in [5, 5.41) is 120. The Morgan fingerprint density at radius 3 is 1.24 bits per heavy atom. The molecule has 19 heteroatoms. The van der Waals surface area contributed by atoms with Crippen LogP contribution >= 0.6 is 0 Å². The maximum absolute atomic E-state index is 13.4. The summed E-state index contributed by atoms with van der Waals surface area (Å²) in [6.07, 6.45) is 28.8. The third kappa shape index (κ3) is 30.1. The Balaban J connectivity index is 1.48. The van der Waals surface area contributed by atoms with Crippen molar-refractivity contribution in [3.8, 4) is 0 Å². The third-order valence-corrected chi connectivity index (χ3v) is 16.1. The number of nitrogens with one attached hydrogen (secondary N) is 1. The van der Waals surface area contributed by atoms with Crippen LogP contribution in [0.2, 0.25) is 0 Å². The maximum atomic E-state index is 13.4. The van der Waals surface area contributed by atoms with E-state index in [2.05, 4.69) is 73.8 Å². The highest BCUT2D eigenvalue weighted by atomic mass is 16.8. The summed E-state index contributed by atoms with van der Waals surface area (Å²) in [4.78, 5) is 13.4. The fourth-order valence-corrected chi connectivity index (χ4v) is 10.8. The smallest absolute Gasteiger partial charge is 0.220 e. The van der Waals surface area contributed by atoms with Crippen molar-refractivity contribution in [3.05, 3.63) is 60.8 Å². The molecule has 0 saturated carbocycles. The molecule has 0 aromatic rings. The van der Waals surface area contributed by atoms with E-state index in [1.54, 1.807) is 0 Å². The average Bonchev–Trinajstić information content (AvgIpc) is 2.82. The second-order valence-corrected chi connectivity index (χ2v) is 23.2. The number of ether oxygens (including phenoxy) is 6. The van der Waals surface area contributed by atoms with Gasteiger partial charge in [0, 0.05) is 6.42 Å². The monoisotopic (exact) mass is 1200 g/mol. The Morgan fingerprint density at radius 1 is 0.440 bits per heavy atom. The van der Waals surface area contributed by atoms with Gasteiger partial charge in [-0.05, 0) is 51.4 Å². The molecule has 3 aliphatic rings. The van der Waals surface area contributed by atoms with Crippen LogP contribution in [0.25, 0.3) is 0 Å². The fraction of sp³-hybridized carbons (Fsp3) is 0.831. The number of unbranched alkanes of at least 4 members (excludes halogenated alkanes) is 22. The van der Waals surface area contributed by atoms with Gasteiger partial charge < -0.3 is 89.9 Å². The van der Waals surface area contributed by atoms with Gasteiger partial charge in [0.1, 0.15) is 73.2 Å². The molecule has 17 unspecified atom stereocenters. The zero-order valence-corrected chi connectivity index (χ0v) is 51.1. The molecule has 488 valence electrons. The topological polar surface area (TPSA) is 307 Å². The number of aliphatic hydroxyl groups excluding tert-OH is 11. The van der Waals surface area contributed by atoms with Gasteiger partial charge in [0.25, 0.3) is 0 Å². The lowest BCUT2D eigenvalue weighted by molar-refractivity contribution is -0.379. The van der Waals surface area contributed by atoms with Gasteiger partial charge in [0.05, 0.1) is 38.6 Å².